The van der Waals surface area contributed by atoms with E-state index in [1.165, 1.54) is 7.11 Å². The lowest BCUT2D eigenvalue weighted by atomic mass is 9.98. The van der Waals surface area contributed by atoms with Crippen LogP contribution in [0.3, 0.4) is 0 Å². The molecule has 0 saturated carbocycles. The first-order valence-corrected chi connectivity index (χ1v) is 8.71. The summed E-state index contributed by atoms with van der Waals surface area (Å²) in [7, 11) is 0.382. The van der Waals surface area contributed by atoms with E-state index in [4.69, 9.17) is 4.74 Å². The van der Waals surface area contributed by atoms with Gasteiger partial charge in [0.15, 0.2) is 0 Å². The Kier molecular flexibility index (Phi) is 6.99. The highest BCUT2D eigenvalue weighted by Gasteiger charge is 2.09. The SMILES string of the molecule is CC.COC(=O)c1ccc(C)c(-c2ccc(S(C)=O)cc2)c1. The molecule has 0 aliphatic carbocycles. The van der Waals surface area contributed by atoms with Gasteiger partial charge < -0.3 is 4.74 Å². The van der Waals surface area contributed by atoms with Gasteiger partial charge in [0.25, 0.3) is 0 Å². The van der Waals surface area contributed by atoms with E-state index in [-0.39, 0.29) is 5.97 Å². The molecule has 0 heterocycles. The van der Waals surface area contributed by atoms with E-state index < -0.39 is 10.8 Å². The van der Waals surface area contributed by atoms with Crippen LogP contribution in [0.4, 0.5) is 0 Å². The molecule has 3 nitrogen and oxygen atoms in total. The van der Waals surface area contributed by atoms with Crippen LogP contribution in [0.2, 0.25) is 0 Å². The summed E-state index contributed by atoms with van der Waals surface area (Å²) in [6, 6.07) is 13.0. The van der Waals surface area contributed by atoms with Gasteiger partial charge in [0.1, 0.15) is 0 Å². The Labute approximate surface area is 134 Å². The standard InChI is InChI=1S/C16H16O3S.C2H6/c1-11-4-5-13(16(17)19-2)10-15(11)12-6-8-14(9-7-12)20(3)18;1-2/h4-10H,1-3H3;1-2H3. The van der Waals surface area contributed by atoms with Crippen molar-refractivity contribution in [1.82, 2.24) is 0 Å². The molecule has 1 atom stereocenters. The van der Waals surface area contributed by atoms with Crippen LogP contribution in [0, 0.1) is 6.92 Å². The van der Waals surface area contributed by atoms with Crippen molar-refractivity contribution in [1.29, 1.82) is 0 Å². The van der Waals surface area contributed by atoms with Crippen LogP contribution in [-0.2, 0) is 15.5 Å². The Bertz CT molecular complexity index is 661. The molecule has 0 N–H and O–H groups in total. The van der Waals surface area contributed by atoms with Crippen LogP contribution in [-0.4, -0.2) is 23.5 Å². The average Bonchev–Trinajstić information content (AvgIpc) is 2.56. The fourth-order valence-corrected chi connectivity index (χ4v) is 2.52. The fraction of sp³-hybridized carbons (Fsp3) is 0.278. The predicted octanol–water partition coefficient (Wildman–Crippen LogP) is 4.21. The molecule has 0 radical (unpaired) electrons. The van der Waals surface area contributed by atoms with Crippen LogP contribution in [0.5, 0.6) is 0 Å². The summed E-state index contributed by atoms with van der Waals surface area (Å²) in [5.41, 5.74) is 3.56. The van der Waals surface area contributed by atoms with E-state index in [1.807, 2.05) is 57.2 Å². The normalized spacial score (nSPS) is 11.1. The number of aryl methyl sites for hydroxylation is 1. The van der Waals surface area contributed by atoms with Gasteiger partial charge in [-0.25, -0.2) is 4.79 Å². The Balaban J connectivity index is 0.00000116. The number of hydrogen-bond donors (Lipinski definition) is 0. The molecular formula is C18H22O3S. The first-order valence-electron chi connectivity index (χ1n) is 7.15. The third kappa shape index (κ3) is 4.28. The summed E-state index contributed by atoms with van der Waals surface area (Å²) < 4.78 is 16.1. The van der Waals surface area contributed by atoms with Crippen molar-refractivity contribution in [3.63, 3.8) is 0 Å². The van der Waals surface area contributed by atoms with Crippen molar-refractivity contribution >= 4 is 16.8 Å². The van der Waals surface area contributed by atoms with Gasteiger partial charge in [-0.2, -0.15) is 0 Å². The summed E-state index contributed by atoms with van der Waals surface area (Å²) in [5, 5.41) is 0. The minimum absolute atomic E-state index is 0.350. The van der Waals surface area contributed by atoms with Crippen LogP contribution in [0.25, 0.3) is 11.1 Å². The van der Waals surface area contributed by atoms with Crippen LogP contribution < -0.4 is 0 Å². The molecule has 0 bridgehead atoms. The number of ether oxygens (including phenoxy) is 1. The van der Waals surface area contributed by atoms with Crippen molar-refractivity contribution in [2.24, 2.45) is 0 Å². The van der Waals surface area contributed by atoms with Crippen LogP contribution >= 0.6 is 0 Å². The highest BCUT2D eigenvalue weighted by molar-refractivity contribution is 7.84. The second-order valence-corrected chi connectivity index (χ2v) is 5.88. The number of carbonyl (C=O) groups is 1. The number of benzene rings is 2. The topological polar surface area (TPSA) is 43.4 Å². The second kappa shape index (κ2) is 8.49. The van der Waals surface area contributed by atoms with Crippen LogP contribution in [0.1, 0.15) is 29.8 Å². The molecule has 118 valence electrons. The van der Waals surface area contributed by atoms with Gasteiger partial charge in [0.05, 0.1) is 12.7 Å². The van der Waals surface area contributed by atoms with Crippen molar-refractivity contribution in [3.8, 4) is 11.1 Å². The number of methoxy groups -OCH3 is 1. The largest absolute Gasteiger partial charge is 0.465 e. The monoisotopic (exact) mass is 318 g/mol. The van der Waals surface area contributed by atoms with E-state index in [0.717, 1.165) is 21.6 Å². The van der Waals surface area contributed by atoms with Gasteiger partial charge in [0.2, 0.25) is 0 Å². The average molecular weight is 318 g/mol. The summed E-state index contributed by atoms with van der Waals surface area (Å²) in [6.45, 7) is 5.99. The first kappa shape index (κ1) is 18.1. The zero-order valence-electron chi connectivity index (χ0n) is 13.7. The molecule has 2 aromatic rings. The highest BCUT2D eigenvalue weighted by atomic mass is 32.2. The Hall–Kier alpha value is -1.94. The van der Waals surface area contributed by atoms with Crippen molar-refractivity contribution in [2.45, 2.75) is 25.7 Å². The summed E-state index contributed by atoms with van der Waals surface area (Å²) in [5.74, 6) is -0.350. The molecule has 0 amide bonds. The second-order valence-electron chi connectivity index (χ2n) is 4.50. The molecular weight excluding hydrogens is 296 g/mol. The molecule has 0 saturated heterocycles. The van der Waals surface area contributed by atoms with Gasteiger partial charge in [-0.1, -0.05) is 32.0 Å². The molecule has 1 unspecified atom stereocenters. The lowest BCUT2D eigenvalue weighted by Gasteiger charge is -2.09. The quantitative estimate of drug-likeness (QED) is 0.796. The molecule has 4 heteroatoms. The maximum absolute atomic E-state index is 11.6. The summed E-state index contributed by atoms with van der Waals surface area (Å²) >= 11 is 0. The summed E-state index contributed by atoms with van der Waals surface area (Å²) in [6.07, 6.45) is 1.65. The fourth-order valence-electron chi connectivity index (χ4n) is 2.00. The molecule has 2 rings (SSSR count). The van der Waals surface area contributed by atoms with Gasteiger partial charge in [0, 0.05) is 22.0 Å². The minimum Gasteiger partial charge on any atom is -0.465 e. The van der Waals surface area contributed by atoms with Crippen LogP contribution in [0.15, 0.2) is 47.4 Å². The molecule has 0 aliphatic rings. The van der Waals surface area contributed by atoms with Gasteiger partial charge >= 0.3 is 5.97 Å². The minimum atomic E-state index is -0.986. The van der Waals surface area contributed by atoms with E-state index in [0.29, 0.717) is 5.56 Å². The van der Waals surface area contributed by atoms with Crippen molar-refractivity contribution in [2.75, 3.05) is 13.4 Å². The molecule has 0 fully saturated rings. The zero-order valence-corrected chi connectivity index (χ0v) is 14.5. The smallest absolute Gasteiger partial charge is 0.337 e. The van der Waals surface area contributed by atoms with Gasteiger partial charge in [-0.15, -0.1) is 0 Å². The van der Waals surface area contributed by atoms with E-state index in [1.54, 1.807) is 12.3 Å². The zero-order chi connectivity index (χ0) is 16.7. The maximum Gasteiger partial charge on any atom is 0.337 e. The molecule has 2 aromatic carbocycles. The third-order valence-electron chi connectivity index (χ3n) is 3.16. The Morgan fingerprint density at radius 3 is 2.14 bits per heavy atom. The number of hydrogen-bond acceptors (Lipinski definition) is 3. The Morgan fingerprint density at radius 1 is 1.05 bits per heavy atom. The van der Waals surface area contributed by atoms with E-state index in [2.05, 4.69) is 0 Å². The molecule has 0 aliphatic heterocycles. The molecule has 0 spiro atoms. The van der Waals surface area contributed by atoms with Crippen molar-refractivity contribution < 1.29 is 13.7 Å². The molecule has 22 heavy (non-hydrogen) atoms. The molecule has 0 aromatic heterocycles. The lowest BCUT2D eigenvalue weighted by molar-refractivity contribution is 0.0601. The van der Waals surface area contributed by atoms with Gasteiger partial charge in [-0.05, 0) is 47.9 Å². The Morgan fingerprint density at radius 2 is 1.64 bits per heavy atom. The predicted molar refractivity (Wildman–Crippen MR) is 91.6 cm³/mol. The van der Waals surface area contributed by atoms with E-state index >= 15 is 0 Å². The maximum atomic E-state index is 11.6. The highest BCUT2D eigenvalue weighted by Crippen LogP contribution is 2.25. The third-order valence-corrected chi connectivity index (χ3v) is 4.09. The number of rotatable bonds is 3. The van der Waals surface area contributed by atoms with E-state index in [9.17, 15) is 9.00 Å². The van der Waals surface area contributed by atoms with Gasteiger partial charge in [-0.3, -0.25) is 4.21 Å². The number of esters is 1. The first-order chi connectivity index (χ1) is 10.5. The lowest BCUT2D eigenvalue weighted by Crippen LogP contribution is -2.01. The van der Waals surface area contributed by atoms with Crippen molar-refractivity contribution in [3.05, 3.63) is 53.6 Å². The number of carbonyl (C=O) groups excluding carboxylic acids is 1. The summed E-state index contributed by atoms with van der Waals surface area (Å²) in [4.78, 5) is 12.4.